The Kier molecular flexibility index (Phi) is 7.31. The maximum Gasteiger partial charge on any atom is 0.241 e. The van der Waals surface area contributed by atoms with Gasteiger partial charge in [-0.05, 0) is 43.2 Å². The second kappa shape index (κ2) is 10.5. The molecule has 0 aromatic heterocycles. The standard InChI is InChI=1S/C27H33N5O/c1-3-4-8-25-19-32(24-9-6-5-7-10-24)27(33)20-30(25)18-26-16-29-21(2)31(26)17-23-13-11-22(15-28)12-14-23/h5-7,9-14,16,21,25,29H,3-4,8,17-20H2,1-2H3/t21?,25-/m0/s1. The van der Waals surface area contributed by atoms with Crippen LogP contribution in [-0.4, -0.2) is 47.5 Å². The molecule has 2 heterocycles. The minimum Gasteiger partial charge on any atom is -0.370 e. The largest absolute Gasteiger partial charge is 0.370 e. The summed E-state index contributed by atoms with van der Waals surface area (Å²) in [5.74, 6) is 0.159. The molecule has 2 aliphatic heterocycles. The molecule has 1 amide bonds. The summed E-state index contributed by atoms with van der Waals surface area (Å²) in [4.78, 5) is 19.8. The predicted molar refractivity (Wildman–Crippen MR) is 131 cm³/mol. The molecule has 33 heavy (non-hydrogen) atoms. The van der Waals surface area contributed by atoms with Crippen LogP contribution in [-0.2, 0) is 11.3 Å². The average molecular weight is 444 g/mol. The van der Waals surface area contributed by atoms with Crippen LogP contribution in [0.25, 0.3) is 0 Å². The van der Waals surface area contributed by atoms with Gasteiger partial charge in [0.1, 0.15) is 0 Å². The highest BCUT2D eigenvalue weighted by atomic mass is 16.2. The van der Waals surface area contributed by atoms with Crippen molar-refractivity contribution >= 4 is 11.6 Å². The molecule has 0 aliphatic carbocycles. The van der Waals surface area contributed by atoms with E-state index in [2.05, 4.69) is 41.2 Å². The third-order valence-electron chi connectivity index (χ3n) is 6.64. The van der Waals surface area contributed by atoms with E-state index in [1.54, 1.807) is 0 Å². The van der Waals surface area contributed by atoms with Gasteiger partial charge in [0.15, 0.2) is 0 Å². The summed E-state index contributed by atoms with van der Waals surface area (Å²) in [5.41, 5.74) is 4.04. The molecule has 2 aliphatic rings. The fourth-order valence-corrected chi connectivity index (χ4v) is 4.68. The van der Waals surface area contributed by atoms with Gasteiger partial charge in [-0.3, -0.25) is 9.69 Å². The van der Waals surface area contributed by atoms with E-state index in [0.717, 1.165) is 44.6 Å². The first-order valence-electron chi connectivity index (χ1n) is 11.9. The molecule has 0 saturated carbocycles. The van der Waals surface area contributed by atoms with Crippen LogP contribution < -0.4 is 10.2 Å². The zero-order valence-electron chi connectivity index (χ0n) is 19.6. The highest BCUT2D eigenvalue weighted by Gasteiger charge is 2.34. The van der Waals surface area contributed by atoms with Crippen molar-refractivity contribution in [2.24, 2.45) is 0 Å². The van der Waals surface area contributed by atoms with Crippen LogP contribution in [0.15, 0.2) is 66.5 Å². The van der Waals surface area contributed by atoms with Crippen LogP contribution in [0.5, 0.6) is 0 Å². The van der Waals surface area contributed by atoms with Crippen molar-refractivity contribution in [1.29, 1.82) is 5.26 Å². The first-order valence-corrected chi connectivity index (χ1v) is 11.9. The Hall–Kier alpha value is -3.30. The third kappa shape index (κ3) is 5.37. The van der Waals surface area contributed by atoms with Crippen molar-refractivity contribution in [1.82, 2.24) is 15.1 Å². The second-order valence-electron chi connectivity index (χ2n) is 8.96. The van der Waals surface area contributed by atoms with Crippen LogP contribution in [0, 0.1) is 11.3 Å². The summed E-state index contributed by atoms with van der Waals surface area (Å²) in [6, 6.07) is 20.3. The van der Waals surface area contributed by atoms with E-state index < -0.39 is 0 Å². The number of unbranched alkanes of at least 4 members (excludes halogenated alkanes) is 1. The van der Waals surface area contributed by atoms with E-state index >= 15 is 0 Å². The third-order valence-corrected chi connectivity index (χ3v) is 6.64. The van der Waals surface area contributed by atoms with Crippen molar-refractivity contribution in [3.05, 3.63) is 77.6 Å². The molecule has 2 aromatic carbocycles. The SMILES string of the molecule is CCCC[C@H]1CN(c2ccccc2)C(=O)CN1CC1=CNC(C)N1Cc1ccc(C#N)cc1. The lowest BCUT2D eigenvalue weighted by Gasteiger charge is -2.42. The van der Waals surface area contributed by atoms with Gasteiger partial charge in [0.05, 0.1) is 24.3 Å². The molecule has 0 radical (unpaired) electrons. The number of hydrogen-bond donors (Lipinski definition) is 1. The van der Waals surface area contributed by atoms with Gasteiger partial charge in [-0.2, -0.15) is 5.26 Å². The number of carbonyl (C=O) groups is 1. The molecule has 6 heteroatoms. The van der Waals surface area contributed by atoms with E-state index in [-0.39, 0.29) is 12.1 Å². The van der Waals surface area contributed by atoms with Crippen molar-refractivity contribution in [2.45, 2.75) is 51.9 Å². The Morgan fingerprint density at radius 2 is 1.85 bits per heavy atom. The molecule has 172 valence electrons. The molecule has 6 nitrogen and oxygen atoms in total. The summed E-state index contributed by atoms with van der Waals surface area (Å²) < 4.78 is 0. The van der Waals surface area contributed by atoms with Crippen LogP contribution in [0.1, 0.15) is 44.2 Å². The van der Waals surface area contributed by atoms with Crippen molar-refractivity contribution in [2.75, 3.05) is 24.5 Å². The molecular weight excluding hydrogens is 410 g/mol. The maximum absolute atomic E-state index is 13.1. The zero-order valence-corrected chi connectivity index (χ0v) is 19.6. The summed E-state index contributed by atoms with van der Waals surface area (Å²) >= 11 is 0. The smallest absolute Gasteiger partial charge is 0.241 e. The Labute approximate surface area is 197 Å². The van der Waals surface area contributed by atoms with Crippen LogP contribution in [0.3, 0.4) is 0 Å². The summed E-state index contributed by atoms with van der Waals surface area (Å²) in [5, 5.41) is 12.5. The minimum absolute atomic E-state index is 0.159. The number of benzene rings is 2. The van der Waals surface area contributed by atoms with Crippen molar-refractivity contribution in [3.8, 4) is 6.07 Å². The van der Waals surface area contributed by atoms with Gasteiger partial charge in [0.2, 0.25) is 5.91 Å². The fraction of sp³-hybridized carbons (Fsp3) is 0.407. The maximum atomic E-state index is 13.1. The molecule has 1 unspecified atom stereocenters. The number of amides is 1. The lowest BCUT2D eigenvalue weighted by atomic mass is 10.0. The Balaban J connectivity index is 1.48. The number of para-hydroxylation sites is 1. The highest BCUT2D eigenvalue weighted by Crippen LogP contribution is 2.26. The lowest BCUT2D eigenvalue weighted by Crippen LogP contribution is -2.57. The summed E-state index contributed by atoms with van der Waals surface area (Å²) in [7, 11) is 0. The average Bonchev–Trinajstić information content (AvgIpc) is 3.18. The molecule has 1 saturated heterocycles. The minimum atomic E-state index is 0.159. The predicted octanol–water partition coefficient (Wildman–Crippen LogP) is 4.06. The quantitative estimate of drug-likeness (QED) is 0.667. The molecule has 2 atom stereocenters. The molecule has 1 N–H and O–H groups in total. The monoisotopic (exact) mass is 443 g/mol. The lowest BCUT2D eigenvalue weighted by molar-refractivity contribution is -0.122. The zero-order chi connectivity index (χ0) is 23.2. The molecule has 4 rings (SSSR count). The van der Waals surface area contributed by atoms with Gasteiger partial charge in [-0.25, -0.2) is 0 Å². The van der Waals surface area contributed by atoms with Gasteiger partial charge in [0, 0.05) is 43.3 Å². The topological polar surface area (TPSA) is 62.6 Å². The number of nitrogens with zero attached hydrogens (tertiary/aromatic N) is 4. The van der Waals surface area contributed by atoms with Crippen molar-refractivity contribution in [3.63, 3.8) is 0 Å². The number of rotatable bonds is 8. The van der Waals surface area contributed by atoms with E-state index in [9.17, 15) is 4.79 Å². The summed E-state index contributed by atoms with van der Waals surface area (Å²) in [6.45, 7) is 7.05. The number of anilines is 1. The molecule has 2 aromatic rings. The highest BCUT2D eigenvalue weighted by molar-refractivity contribution is 5.95. The molecule has 0 bridgehead atoms. The van der Waals surface area contributed by atoms with E-state index in [1.807, 2.05) is 59.5 Å². The second-order valence-corrected chi connectivity index (χ2v) is 8.96. The van der Waals surface area contributed by atoms with Gasteiger partial charge in [0.25, 0.3) is 0 Å². The van der Waals surface area contributed by atoms with Crippen LogP contribution >= 0.6 is 0 Å². The van der Waals surface area contributed by atoms with Gasteiger partial charge >= 0.3 is 0 Å². The molecule has 1 fully saturated rings. The van der Waals surface area contributed by atoms with Gasteiger partial charge in [-0.15, -0.1) is 0 Å². The van der Waals surface area contributed by atoms with Crippen LogP contribution in [0.4, 0.5) is 5.69 Å². The molecule has 0 spiro atoms. The van der Waals surface area contributed by atoms with Crippen molar-refractivity contribution < 1.29 is 4.79 Å². The van der Waals surface area contributed by atoms with Crippen LogP contribution in [0.2, 0.25) is 0 Å². The summed E-state index contributed by atoms with van der Waals surface area (Å²) in [6.07, 6.45) is 5.67. The van der Waals surface area contributed by atoms with Gasteiger partial charge < -0.3 is 15.1 Å². The van der Waals surface area contributed by atoms with E-state index in [0.29, 0.717) is 18.2 Å². The number of hydrogen-bond acceptors (Lipinski definition) is 5. The van der Waals surface area contributed by atoms with E-state index in [4.69, 9.17) is 5.26 Å². The number of nitriles is 1. The Morgan fingerprint density at radius 1 is 1.09 bits per heavy atom. The number of nitrogens with one attached hydrogen (secondary N) is 1. The Morgan fingerprint density at radius 3 is 2.55 bits per heavy atom. The first-order chi connectivity index (χ1) is 16.1. The fourth-order valence-electron chi connectivity index (χ4n) is 4.68. The first kappa shape index (κ1) is 22.9. The normalized spacial score (nSPS) is 21.0. The van der Waals surface area contributed by atoms with Gasteiger partial charge in [-0.1, -0.05) is 50.1 Å². The number of piperazine rings is 1. The Bertz CT molecular complexity index is 1010. The molecular formula is C27H33N5O. The van der Waals surface area contributed by atoms with E-state index in [1.165, 1.54) is 11.3 Å². The number of carbonyl (C=O) groups excluding carboxylic acids is 1.